The summed E-state index contributed by atoms with van der Waals surface area (Å²) in [6, 6.07) is 3.90. The van der Waals surface area contributed by atoms with E-state index < -0.39 is 0 Å². The van der Waals surface area contributed by atoms with Crippen LogP contribution in [0.5, 0.6) is 0 Å². The number of aromatic nitrogens is 3. The largest absolute Gasteiger partial charge is 0.409 e. The molecule has 6 nitrogen and oxygen atoms in total. The van der Waals surface area contributed by atoms with Crippen molar-refractivity contribution in [1.29, 1.82) is 0 Å². The lowest BCUT2D eigenvalue weighted by Crippen LogP contribution is -2.20. The summed E-state index contributed by atoms with van der Waals surface area (Å²) >= 11 is 0. The molecule has 0 aliphatic rings. The standard InChI is InChI=1S/C11H13N5O/c12-10(15-17)11-14-5-7-16(11)6-3-9-2-1-4-13-8-9/h1-2,4-5,7-8,17H,3,6H2,(H2,12,15). The number of pyridine rings is 1. The van der Waals surface area contributed by atoms with E-state index in [0.717, 1.165) is 12.0 Å². The molecule has 0 radical (unpaired) electrons. The second kappa shape index (κ2) is 5.11. The normalized spacial score (nSPS) is 11.6. The molecule has 2 aromatic heterocycles. The van der Waals surface area contributed by atoms with Gasteiger partial charge in [-0.25, -0.2) is 4.98 Å². The molecule has 0 saturated heterocycles. The van der Waals surface area contributed by atoms with Crippen molar-refractivity contribution in [2.75, 3.05) is 0 Å². The summed E-state index contributed by atoms with van der Waals surface area (Å²) < 4.78 is 1.84. The van der Waals surface area contributed by atoms with Gasteiger partial charge in [0.25, 0.3) is 0 Å². The second-order valence-corrected chi connectivity index (χ2v) is 3.54. The first-order valence-electron chi connectivity index (χ1n) is 5.19. The Morgan fingerprint density at radius 2 is 2.35 bits per heavy atom. The molecule has 0 unspecified atom stereocenters. The number of oxime groups is 1. The van der Waals surface area contributed by atoms with Gasteiger partial charge in [-0.3, -0.25) is 4.98 Å². The highest BCUT2D eigenvalue weighted by molar-refractivity contribution is 5.93. The molecule has 0 bridgehead atoms. The molecule has 0 amide bonds. The molecule has 3 N–H and O–H groups in total. The van der Waals surface area contributed by atoms with Crippen molar-refractivity contribution >= 4 is 5.84 Å². The molecule has 6 heteroatoms. The number of hydrogen-bond acceptors (Lipinski definition) is 4. The average Bonchev–Trinajstić information content (AvgIpc) is 2.85. The third kappa shape index (κ3) is 2.60. The van der Waals surface area contributed by atoms with Crippen LogP contribution in [-0.4, -0.2) is 25.6 Å². The molecule has 88 valence electrons. The SMILES string of the molecule is NC(=NO)c1nccn1CCc1cccnc1. The molecule has 0 atom stereocenters. The van der Waals surface area contributed by atoms with Gasteiger partial charge in [0.2, 0.25) is 5.84 Å². The van der Waals surface area contributed by atoms with Crippen molar-refractivity contribution in [3.63, 3.8) is 0 Å². The maximum absolute atomic E-state index is 8.62. The molecule has 0 aliphatic carbocycles. The summed E-state index contributed by atoms with van der Waals surface area (Å²) in [6.07, 6.45) is 7.79. The van der Waals surface area contributed by atoms with Gasteiger partial charge in [-0.2, -0.15) is 0 Å². The third-order valence-electron chi connectivity index (χ3n) is 2.42. The molecule has 0 fully saturated rings. The first-order valence-corrected chi connectivity index (χ1v) is 5.19. The molecular formula is C11H13N5O. The van der Waals surface area contributed by atoms with Crippen LogP contribution in [0.15, 0.2) is 42.1 Å². The smallest absolute Gasteiger partial charge is 0.206 e. The number of nitrogens with two attached hydrogens (primary N) is 1. The zero-order valence-electron chi connectivity index (χ0n) is 9.19. The Hall–Kier alpha value is -2.37. The number of amidine groups is 1. The van der Waals surface area contributed by atoms with E-state index in [9.17, 15) is 0 Å². The first kappa shape index (κ1) is 11.1. The molecule has 2 heterocycles. The maximum Gasteiger partial charge on any atom is 0.206 e. The minimum atomic E-state index is 0.0150. The van der Waals surface area contributed by atoms with Crippen LogP contribution >= 0.6 is 0 Å². The topological polar surface area (TPSA) is 89.3 Å². The van der Waals surface area contributed by atoms with Crippen LogP contribution in [0.2, 0.25) is 0 Å². The summed E-state index contributed by atoms with van der Waals surface area (Å²) in [5, 5.41) is 11.6. The average molecular weight is 231 g/mol. The quantitative estimate of drug-likeness (QED) is 0.349. The Balaban J connectivity index is 2.07. The van der Waals surface area contributed by atoms with Gasteiger partial charge >= 0.3 is 0 Å². The second-order valence-electron chi connectivity index (χ2n) is 3.54. The maximum atomic E-state index is 8.62. The van der Waals surface area contributed by atoms with E-state index in [1.54, 1.807) is 18.6 Å². The number of imidazole rings is 1. The zero-order valence-corrected chi connectivity index (χ0v) is 9.19. The van der Waals surface area contributed by atoms with Crippen molar-refractivity contribution in [2.45, 2.75) is 13.0 Å². The summed E-state index contributed by atoms with van der Waals surface area (Å²) in [7, 11) is 0. The summed E-state index contributed by atoms with van der Waals surface area (Å²) in [4.78, 5) is 8.08. The summed E-state index contributed by atoms with van der Waals surface area (Å²) in [5.74, 6) is 0.484. The van der Waals surface area contributed by atoms with Gasteiger partial charge in [0.15, 0.2) is 5.82 Å². The number of nitrogens with zero attached hydrogens (tertiary/aromatic N) is 4. The summed E-state index contributed by atoms with van der Waals surface area (Å²) in [6.45, 7) is 0.706. The lowest BCUT2D eigenvalue weighted by molar-refractivity contribution is 0.318. The van der Waals surface area contributed by atoms with Crippen molar-refractivity contribution < 1.29 is 5.21 Å². The highest BCUT2D eigenvalue weighted by atomic mass is 16.4. The molecular weight excluding hydrogens is 218 g/mol. The Morgan fingerprint density at radius 1 is 1.47 bits per heavy atom. The lowest BCUT2D eigenvalue weighted by atomic mass is 10.2. The van der Waals surface area contributed by atoms with E-state index in [0.29, 0.717) is 12.4 Å². The molecule has 0 spiro atoms. The highest BCUT2D eigenvalue weighted by Crippen LogP contribution is 2.03. The zero-order chi connectivity index (χ0) is 12.1. The predicted octanol–water partition coefficient (Wildman–Crippen LogP) is 0.615. The number of rotatable bonds is 4. The monoisotopic (exact) mass is 231 g/mol. The van der Waals surface area contributed by atoms with Gasteiger partial charge in [-0.05, 0) is 18.1 Å². The van der Waals surface area contributed by atoms with Crippen LogP contribution in [0.4, 0.5) is 0 Å². The third-order valence-corrected chi connectivity index (χ3v) is 2.42. The lowest BCUT2D eigenvalue weighted by Gasteiger charge is -2.06. The minimum Gasteiger partial charge on any atom is -0.409 e. The van der Waals surface area contributed by atoms with Crippen LogP contribution in [0.25, 0.3) is 0 Å². The molecule has 2 aromatic rings. The Kier molecular flexibility index (Phi) is 3.34. The van der Waals surface area contributed by atoms with Crippen molar-refractivity contribution in [3.05, 3.63) is 48.3 Å². The fourth-order valence-corrected chi connectivity index (χ4v) is 1.56. The molecule has 0 aliphatic heterocycles. The van der Waals surface area contributed by atoms with E-state index in [-0.39, 0.29) is 5.84 Å². The minimum absolute atomic E-state index is 0.0150. The van der Waals surface area contributed by atoms with Gasteiger partial charge < -0.3 is 15.5 Å². The van der Waals surface area contributed by atoms with Crippen LogP contribution in [0.1, 0.15) is 11.4 Å². The number of hydrogen-bond donors (Lipinski definition) is 2. The van der Waals surface area contributed by atoms with Crippen LogP contribution < -0.4 is 5.73 Å². The van der Waals surface area contributed by atoms with E-state index in [2.05, 4.69) is 15.1 Å². The molecule has 0 saturated carbocycles. The van der Waals surface area contributed by atoms with Gasteiger partial charge in [-0.15, -0.1) is 0 Å². The molecule has 17 heavy (non-hydrogen) atoms. The van der Waals surface area contributed by atoms with Crippen LogP contribution in [0.3, 0.4) is 0 Å². The van der Waals surface area contributed by atoms with Crippen molar-refractivity contribution in [3.8, 4) is 0 Å². The van der Waals surface area contributed by atoms with Gasteiger partial charge in [-0.1, -0.05) is 11.2 Å². The van der Waals surface area contributed by atoms with Crippen LogP contribution in [-0.2, 0) is 13.0 Å². The first-order chi connectivity index (χ1) is 8.31. The highest BCUT2D eigenvalue weighted by Gasteiger charge is 2.07. The van der Waals surface area contributed by atoms with Gasteiger partial charge in [0.1, 0.15) is 0 Å². The molecule has 0 aromatic carbocycles. The van der Waals surface area contributed by atoms with E-state index in [4.69, 9.17) is 10.9 Å². The van der Waals surface area contributed by atoms with Crippen LogP contribution in [0, 0.1) is 0 Å². The Labute approximate surface area is 98.4 Å². The van der Waals surface area contributed by atoms with Gasteiger partial charge in [0, 0.05) is 31.3 Å². The summed E-state index contributed by atoms with van der Waals surface area (Å²) in [5.41, 5.74) is 6.64. The van der Waals surface area contributed by atoms with E-state index in [1.807, 2.05) is 22.9 Å². The fourth-order valence-electron chi connectivity index (χ4n) is 1.56. The van der Waals surface area contributed by atoms with Gasteiger partial charge in [0.05, 0.1) is 0 Å². The number of aryl methyl sites for hydroxylation is 2. The Bertz CT molecular complexity index is 506. The van der Waals surface area contributed by atoms with Crippen molar-refractivity contribution in [2.24, 2.45) is 10.9 Å². The van der Waals surface area contributed by atoms with E-state index >= 15 is 0 Å². The fraction of sp³-hybridized carbons (Fsp3) is 0.182. The van der Waals surface area contributed by atoms with Crippen molar-refractivity contribution in [1.82, 2.24) is 14.5 Å². The molecule has 2 rings (SSSR count). The van der Waals surface area contributed by atoms with E-state index in [1.165, 1.54) is 0 Å². The predicted molar refractivity (Wildman–Crippen MR) is 62.7 cm³/mol. The Morgan fingerprint density at radius 3 is 3.06 bits per heavy atom.